The third kappa shape index (κ3) is 2.80. The standard InChI is InChI=1S/C16H20F2N2O3S/c17-15(18)23-13-3-5-14(6-4-13)24(21,22)20-9-16(10-20)7-11-1-2-12(8-16)19-11/h3-6,11-12,15,19H,1-2,7-10H2/t11-,12+. The minimum absolute atomic E-state index is 0.0426. The van der Waals surface area contributed by atoms with Gasteiger partial charge in [0.05, 0.1) is 4.90 Å². The van der Waals surface area contributed by atoms with E-state index in [9.17, 15) is 17.2 Å². The topological polar surface area (TPSA) is 58.6 Å². The van der Waals surface area contributed by atoms with Crippen molar-refractivity contribution < 1.29 is 21.9 Å². The summed E-state index contributed by atoms with van der Waals surface area (Å²) in [6, 6.07) is 6.23. The van der Waals surface area contributed by atoms with Gasteiger partial charge in [0, 0.05) is 30.6 Å². The fourth-order valence-corrected chi connectivity index (χ4v) is 6.09. The molecule has 3 aliphatic rings. The van der Waals surface area contributed by atoms with E-state index in [2.05, 4.69) is 10.1 Å². The summed E-state index contributed by atoms with van der Waals surface area (Å²) in [4.78, 5) is 0.121. The monoisotopic (exact) mass is 358 g/mol. The van der Waals surface area contributed by atoms with Gasteiger partial charge >= 0.3 is 6.61 Å². The molecular formula is C16H20F2N2O3S. The third-order valence-electron chi connectivity index (χ3n) is 5.40. The number of fused-ring (bicyclic) bond motifs is 2. The Bertz CT molecular complexity index is 703. The van der Waals surface area contributed by atoms with Crippen LogP contribution in [0.5, 0.6) is 5.75 Å². The molecule has 132 valence electrons. The van der Waals surface area contributed by atoms with Crippen LogP contribution in [0.4, 0.5) is 8.78 Å². The fourth-order valence-electron chi connectivity index (χ4n) is 4.43. The molecule has 1 N–H and O–H groups in total. The molecule has 1 spiro atoms. The molecule has 0 unspecified atom stereocenters. The molecule has 4 rings (SSSR count). The smallest absolute Gasteiger partial charge is 0.387 e. The van der Waals surface area contributed by atoms with E-state index in [-0.39, 0.29) is 16.1 Å². The highest BCUT2D eigenvalue weighted by molar-refractivity contribution is 7.89. The first-order valence-corrected chi connectivity index (χ1v) is 9.61. The average Bonchev–Trinajstić information content (AvgIpc) is 2.83. The Morgan fingerprint density at radius 3 is 2.25 bits per heavy atom. The highest BCUT2D eigenvalue weighted by atomic mass is 32.2. The van der Waals surface area contributed by atoms with Crippen LogP contribution in [0.3, 0.4) is 0 Å². The first kappa shape index (κ1) is 16.2. The molecular weight excluding hydrogens is 338 g/mol. The SMILES string of the molecule is O=S(=O)(c1ccc(OC(F)F)cc1)N1CC2(C[C@H]3CC[C@@H](C2)N3)C1. The normalized spacial score (nSPS) is 29.0. The summed E-state index contributed by atoms with van der Waals surface area (Å²) in [7, 11) is -3.57. The van der Waals surface area contributed by atoms with Gasteiger partial charge in [-0.15, -0.1) is 0 Å². The molecule has 3 aliphatic heterocycles. The lowest BCUT2D eigenvalue weighted by Gasteiger charge is -2.53. The number of hydrogen-bond acceptors (Lipinski definition) is 4. The van der Waals surface area contributed by atoms with E-state index in [0.29, 0.717) is 25.2 Å². The van der Waals surface area contributed by atoms with Gasteiger partial charge in [-0.1, -0.05) is 0 Å². The highest BCUT2D eigenvalue weighted by Gasteiger charge is 2.53. The van der Waals surface area contributed by atoms with E-state index in [4.69, 9.17) is 0 Å². The van der Waals surface area contributed by atoms with Crippen LogP contribution in [0.25, 0.3) is 0 Å². The second-order valence-electron chi connectivity index (χ2n) is 7.17. The quantitative estimate of drug-likeness (QED) is 0.896. The molecule has 0 radical (unpaired) electrons. The van der Waals surface area contributed by atoms with Crippen LogP contribution in [-0.2, 0) is 10.0 Å². The molecule has 0 aliphatic carbocycles. The molecule has 1 aromatic rings. The van der Waals surface area contributed by atoms with Crippen LogP contribution in [0.2, 0.25) is 0 Å². The summed E-state index contributed by atoms with van der Waals surface area (Å²) >= 11 is 0. The van der Waals surface area contributed by atoms with E-state index >= 15 is 0 Å². The van der Waals surface area contributed by atoms with Crippen molar-refractivity contribution in [1.29, 1.82) is 0 Å². The van der Waals surface area contributed by atoms with Gasteiger partial charge < -0.3 is 10.1 Å². The molecule has 3 heterocycles. The average molecular weight is 358 g/mol. The van der Waals surface area contributed by atoms with Crippen LogP contribution < -0.4 is 10.1 Å². The highest BCUT2D eigenvalue weighted by Crippen LogP contribution is 2.47. The van der Waals surface area contributed by atoms with E-state index < -0.39 is 16.6 Å². The zero-order chi connectivity index (χ0) is 16.9. The van der Waals surface area contributed by atoms with Crippen molar-refractivity contribution in [1.82, 2.24) is 9.62 Å². The lowest BCUT2D eigenvalue weighted by atomic mass is 9.71. The Morgan fingerprint density at radius 1 is 1.12 bits per heavy atom. The molecule has 0 aromatic heterocycles. The van der Waals surface area contributed by atoms with Crippen LogP contribution in [0.1, 0.15) is 25.7 Å². The summed E-state index contributed by atoms with van der Waals surface area (Å²) in [5, 5.41) is 3.58. The van der Waals surface area contributed by atoms with E-state index in [0.717, 1.165) is 12.8 Å². The number of piperidine rings is 1. The van der Waals surface area contributed by atoms with E-state index in [1.165, 1.54) is 41.4 Å². The minimum atomic E-state index is -3.57. The summed E-state index contributed by atoms with van der Waals surface area (Å²) < 4.78 is 55.4. The zero-order valence-corrected chi connectivity index (χ0v) is 13.9. The number of sulfonamides is 1. The Hall–Kier alpha value is -1.25. The van der Waals surface area contributed by atoms with Gasteiger partial charge in [-0.05, 0) is 49.9 Å². The van der Waals surface area contributed by atoms with Crippen molar-refractivity contribution in [2.24, 2.45) is 5.41 Å². The predicted octanol–water partition coefficient (Wildman–Crippen LogP) is 2.19. The minimum Gasteiger partial charge on any atom is -0.435 e. The number of nitrogens with one attached hydrogen (secondary N) is 1. The lowest BCUT2D eigenvalue weighted by molar-refractivity contribution is -0.0498. The number of ether oxygens (including phenoxy) is 1. The Labute approximate surface area is 140 Å². The second-order valence-corrected chi connectivity index (χ2v) is 9.11. The van der Waals surface area contributed by atoms with Crippen molar-refractivity contribution in [2.75, 3.05) is 13.1 Å². The van der Waals surface area contributed by atoms with Gasteiger partial charge in [0.25, 0.3) is 0 Å². The number of benzene rings is 1. The Morgan fingerprint density at radius 2 is 1.71 bits per heavy atom. The van der Waals surface area contributed by atoms with Gasteiger partial charge in [0.1, 0.15) is 5.75 Å². The van der Waals surface area contributed by atoms with Crippen molar-refractivity contribution in [3.63, 3.8) is 0 Å². The van der Waals surface area contributed by atoms with Crippen molar-refractivity contribution in [3.05, 3.63) is 24.3 Å². The molecule has 2 bridgehead atoms. The fraction of sp³-hybridized carbons (Fsp3) is 0.625. The largest absolute Gasteiger partial charge is 0.435 e. The lowest BCUT2D eigenvalue weighted by Crippen LogP contribution is -2.63. The van der Waals surface area contributed by atoms with Gasteiger partial charge in [-0.2, -0.15) is 13.1 Å². The number of rotatable bonds is 4. The van der Waals surface area contributed by atoms with Crippen molar-refractivity contribution in [2.45, 2.75) is 49.3 Å². The molecule has 3 saturated heterocycles. The van der Waals surface area contributed by atoms with Gasteiger partial charge in [-0.3, -0.25) is 0 Å². The third-order valence-corrected chi connectivity index (χ3v) is 7.21. The predicted molar refractivity (Wildman–Crippen MR) is 83.4 cm³/mol. The summed E-state index contributed by atoms with van der Waals surface area (Å²) in [6.45, 7) is -1.81. The number of alkyl halides is 2. The first-order chi connectivity index (χ1) is 11.4. The summed E-state index contributed by atoms with van der Waals surface area (Å²) in [5.41, 5.74) is 0.114. The summed E-state index contributed by atoms with van der Waals surface area (Å²) in [6.07, 6.45) is 4.45. The molecule has 8 heteroatoms. The maximum Gasteiger partial charge on any atom is 0.387 e. The number of hydrogen-bond donors (Lipinski definition) is 1. The molecule has 0 amide bonds. The van der Waals surface area contributed by atoms with Crippen molar-refractivity contribution in [3.8, 4) is 5.75 Å². The van der Waals surface area contributed by atoms with E-state index in [1.807, 2.05) is 0 Å². The second kappa shape index (κ2) is 5.64. The maximum atomic E-state index is 12.7. The van der Waals surface area contributed by atoms with Crippen LogP contribution in [0.15, 0.2) is 29.2 Å². The Kier molecular flexibility index (Phi) is 3.81. The molecule has 3 fully saturated rings. The number of nitrogens with zero attached hydrogens (tertiary/aromatic N) is 1. The van der Waals surface area contributed by atoms with Gasteiger partial charge in [0.15, 0.2) is 0 Å². The molecule has 2 atom stereocenters. The summed E-state index contributed by atoms with van der Waals surface area (Å²) in [5.74, 6) is -0.0426. The number of halogens is 2. The van der Waals surface area contributed by atoms with Gasteiger partial charge in [0.2, 0.25) is 10.0 Å². The van der Waals surface area contributed by atoms with E-state index in [1.54, 1.807) is 0 Å². The molecule has 5 nitrogen and oxygen atoms in total. The molecule has 0 saturated carbocycles. The first-order valence-electron chi connectivity index (χ1n) is 8.17. The molecule has 1 aromatic carbocycles. The van der Waals surface area contributed by atoms with Gasteiger partial charge in [-0.25, -0.2) is 8.42 Å². The van der Waals surface area contributed by atoms with Crippen LogP contribution in [-0.4, -0.2) is 44.5 Å². The van der Waals surface area contributed by atoms with Crippen molar-refractivity contribution >= 4 is 10.0 Å². The molecule has 24 heavy (non-hydrogen) atoms. The maximum absolute atomic E-state index is 12.7. The van der Waals surface area contributed by atoms with Crippen LogP contribution >= 0.6 is 0 Å². The van der Waals surface area contributed by atoms with Crippen LogP contribution in [0, 0.1) is 5.41 Å². The Balaban J connectivity index is 1.45. The zero-order valence-electron chi connectivity index (χ0n) is 13.1.